The van der Waals surface area contributed by atoms with Crippen molar-refractivity contribution in [2.75, 3.05) is 19.5 Å². The predicted molar refractivity (Wildman–Crippen MR) is 113 cm³/mol. The molecular weight excluding hydrogens is 450 g/mol. The molecule has 160 valence electrons. The highest BCUT2D eigenvalue weighted by molar-refractivity contribution is 6.42. The Morgan fingerprint density at radius 1 is 0.968 bits per heavy atom. The molecule has 0 aliphatic rings. The first-order chi connectivity index (χ1) is 14.8. The van der Waals surface area contributed by atoms with Crippen LogP contribution in [0.4, 0.5) is 10.1 Å². The fourth-order valence-electron chi connectivity index (χ4n) is 2.53. The highest BCUT2D eigenvalue weighted by Gasteiger charge is 2.19. The van der Waals surface area contributed by atoms with Crippen molar-refractivity contribution in [1.29, 1.82) is 0 Å². The van der Waals surface area contributed by atoms with Crippen molar-refractivity contribution < 1.29 is 28.2 Å². The zero-order valence-electron chi connectivity index (χ0n) is 16.2. The van der Waals surface area contributed by atoms with Crippen LogP contribution in [0.15, 0.2) is 48.7 Å². The lowest BCUT2D eigenvalue weighted by Crippen LogP contribution is -2.14. The first kappa shape index (κ1) is 22.3. The van der Waals surface area contributed by atoms with Crippen LogP contribution in [0.3, 0.4) is 0 Å². The standard InChI is InChI=1S/C21H15Cl2FN2O5/c1-29-19-7-11(24)3-6-17(19)31-18-9-15(23)14(22)8-13(18)20(27)26-12-4-5-16(25-10-12)21(28)30-2/h3-10H,1-2H3,(H,26,27). The van der Waals surface area contributed by atoms with E-state index in [1.807, 2.05) is 0 Å². The fourth-order valence-corrected chi connectivity index (χ4v) is 2.84. The molecule has 0 saturated heterocycles. The molecule has 31 heavy (non-hydrogen) atoms. The molecular formula is C21H15Cl2FN2O5. The van der Waals surface area contributed by atoms with E-state index in [2.05, 4.69) is 15.0 Å². The van der Waals surface area contributed by atoms with Crippen LogP contribution in [-0.4, -0.2) is 31.1 Å². The first-order valence-corrected chi connectivity index (χ1v) is 9.44. The lowest BCUT2D eigenvalue weighted by atomic mass is 10.1. The topological polar surface area (TPSA) is 86.8 Å². The van der Waals surface area contributed by atoms with Crippen molar-refractivity contribution >= 4 is 40.8 Å². The average molecular weight is 465 g/mol. The molecule has 0 aliphatic carbocycles. The van der Waals surface area contributed by atoms with E-state index < -0.39 is 17.7 Å². The summed E-state index contributed by atoms with van der Waals surface area (Å²) in [6.07, 6.45) is 1.30. The highest BCUT2D eigenvalue weighted by Crippen LogP contribution is 2.37. The minimum absolute atomic E-state index is 0.0535. The third kappa shape index (κ3) is 5.22. The molecule has 1 aromatic heterocycles. The van der Waals surface area contributed by atoms with Crippen molar-refractivity contribution in [3.05, 3.63) is 75.8 Å². The number of carbonyl (C=O) groups is 2. The van der Waals surface area contributed by atoms with Crippen LogP contribution in [0.1, 0.15) is 20.8 Å². The summed E-state index contributed by atoms with van der Waals surface area (Å²) >= 11 is 12.2. The molecule has 10 heteroatoms. The van der Waals surface area contributed by atoms with Crippen molar-refractivity contribution in [1.82, 2.24) is 4.98 Å². The summed E-state index contributed by atoms with van der Waals surface area (Å²) < 4.78 is 28.9. The third-order valence-electron chi connectivity index (χ3n) is 4.03. The van der Waals surface area contributed by atoms with E-state index in [4.69, 9.17) is 32.7 Å². The largest absolute Gasteiger partial charge is 0.493 e. The third-order valence-corrected chi connectivity index (χ3v) is 4.75. The van der Waals surface area contributed by atoms with E-state index >= 15 is 0 Å². The lowest BCUT2D eigenvalue weighted by Gasteiger charge is -2.15. The number of hydrogen-bond acceptors (Lipinski definition) is 6. The molecule has 0 spiro atoms. The summed E-state index contributed by atoms with van der Waals surface area (Å²) in [6.45, 7) is 0. The van der Waals surface area contributed by atoms with Crippen LogP contribution in [0.2, 0.25) is 10.0 Å². The number of esters is 1. The molecule has 1 heterocycles. The molecule has 0 unspecified atom stereocenters. The number of aromatic nitrogens is 1. The van der Waals surface area contributed by atoms with Crippen LogP contribution < -0.4 is 14.8 Å². The molecule has 3 rings (SSSR count). The van der Waals surface area contributed by atoms with Gasteiger partial charge in [0.1, 0.15) is 17.3 Å². The van der Waals surface area contributed by atoms with E-state index in [1.54, 1.807) is 0 Å². The maximum atomic E-state index is 13.5. The van der Waals surface area contributed by atoms with Crippen molar-refractivity contribution in [3.63, 3.8) is 0 Å². The Labute approximate surface area is 186 Å². The van der Waals surface area contributed by atoms with Crippen LogP contribution in [0.25, 0.3) is 0 Å². The Balaban J connectivity index is 1.91. The van der Waals surface area contributed by atoms with Gasteiger partial charge in [0.15, 0.2) is 11.5 Å². The van der Waals surface area contributed by atoms with Crippen molar-refractivity contribution in [3.8, 4) is 17.2 Å². The van der Waals surface area contributed by atoms with Gasteiger partial charge in [-0.2, -0.15) is 0 Å². The summed E-state index contributed by atoms with van der Waals surface area (Å²) in [7, 11) is 2.59. The Morgan fingerprint density at radius 2 is 1.71 bits per heavy atom. The molecule has 3 aromatic rings. The summed E-state index contributed by atoms with van der Waals surface area (Å²) in [4.78, 5) is 28.3. The van der Waals surface area contributed by atoms with Gasteiger partial charge < -0.3 is 19.5 Å². The molecule has 0 bridgehead atoms. The molecule has 0 aliphatic heterocycles. The maximum Gasteiger partial charge on any atom is 0.356 e. The number of rotatable bonds is 6. The van der Waals surface area contributed by atoms with E-state index in [0.29, 0.717) is 5.69 Å². The van der Waals surface area contributed by atoms with Gasteiger partial charge >= 0.3 is 5.97 Å². The van der Waals surface area contributed by atoms with Gasteiger partial charge in [-0.25, -0.2) is 14.2 Å². The molecule has 7 nitrogen and oxygen atoms in total. The van der Waals surface area contributed by atoms with Gasteiger partial charge in [-0.3, -0.25) is 4.79 Å². The van der Waals surface area contributed by atoms with Crippen LogP contribution in [0.5, 0.6) is 17.2 Å². The van der Waals surface area contributed by atoms with Crippen molar-refractivity contribution in [2.24, 2.45) is 0 Å². The quantitative estimate of drug-likeness (QED) is 0.493. The molecule has 0 radical (unpaired) electrons. The predicted octanol–water partition coefficient (Wildman–Crippen LogP) is 5.37. The number of nitrogens with zero attached hydrogens (tertiary/aromatic N) is 1. The molecule has 0 atom stereocenters. The average Bonchev–Trinajstić information content (AvgIpc) is 2.77. The van der Waals surface area contributed by atoms with Gasteiger partial charge in [0.2, 0.25) is 0 Å². The number of benzene rings is 2. The van der Waals surface area contributed by atoms with Crippen LogP contribution >= 0.6 is 23.2 Å². The number of nitrogens with one attached hydrogen (secondary N) is 1. The van der Waals surface area contributed by atoms with E-state index in [-0.39, 0.29) is 38.6 Å². The minimum atomic E-state index is -0.605. The van der Waals surface area contributed by atoms with Crippen LogP contribution in [0, 0.1) is 5.82 Å². The molecule has 0 fully saturated rings. The monoisotopic (exact) mass is 464 g/mol. The number of ether oxygens (including phenoxy) is 3. The number of methoxy groups -OCH3 is 2. The van der Waals surface area contributed by atoms with Gasteiger partial charge in [-0.15, -0.1) is 0 Å². The molecule has 1 amide bonds. The van der Waals surface area contributed by atoms with Gasteiger partial charge in [-0.05, 0) is 30.3 Å². The number of anilines is 1. The summed E-state index contributed by atoms with van der Waals surface area (Å²) in [6, 6.07) is 9.26. The second kappa shape index (κ2) is 9.63. The Bertz CT molecular complexity index is 1140. The van der Waals surface area contributed by atoms with Crippen LogP contribution in [-0.2, 0) is 4.74 Å². The van der Waals surface area contributed by atoms with E-state index in [9.17, 15) is 14.0 Å². The fraction of sp³-hybridized carbons (Fsp3) is 0.0952. The first-order valence-electron chi connectivity index (χ1n) is 8.68. The zero-order chi connectivity index (χ0) is 22.5. The molecule has 0 saturated carbocycles. The highest BCUT2D eigenvalue weighted by atomic mass is 35.5. The molecule has 1 N–H and O–H groups in total. The number of halogens is 3. The van der Waals surface area contributed by atoms with Gasteiger partial charge in [-0.1, -0.05) is 23.2 Å². The van der Waals surface area contributed by atoms with Gasteiger partial charge in [0.05, 0.1) is 41.7 Å². The van der Waals surface area contributed by atoms with E-state index in [0.717, 1.165) is 6.07 Å². The number of amides is 1. The summed E-state index contributed by atoms with van der Waals surface area (Å²) in [5.41, 5.74) is 0.453. The van der Waals surface area contributed by atoms with Gasteiger partial charge in [0, 0.05) is 12.1 Å². The second-order valence-corrected chi connectivity index (χ2v) is 6.85. The minimum Gasteiger partial charge on any atom is -0.493 e. The zero-order valence-corrected chi connectivity index (χ0v) is 17.8. The van der Waals surface area contributed by atoms with Crippen molar-refractivity contribution in [2.45, 2.75) is 0 Å². The second-order valence-electron chi connectivity index (χ2n) is 6.04. The number of carbonyl (C=O) groups excluding carboxylic acids is 2. The summed E-state index contributed by atoms with van der Waals surface area (Å²) in [5, 5.41) is 2.91. The SMILES string of the molecule is COC(=O)c1ccc(NC(=O)c2cc(Cl)c(Cl)cc2Oc2ccc(F)cc2OC)cn1. The van der Waals surface area contributed by atoms with E-state index in [1.165, 1.54) is 56.8 Å². The summed E-state index contributed by atoms with van der Waals surface area (Å²) in [5.74, 6) is -1.34. The normalized spacial score (nSPS) is 10.4. The Hall–Kier alpha value is -3.36. The number of hydrogen-bond donors (Lipinski definition) is 1. The Morgan fingerprint density at radius 3 is 2.35 bits per heavy atom. The number of pyridine rings is 1. The van der Waals surface area contributed by atoms with Gasteiger partial charge in [0.25, 0.3) is 5.91 Å². The maximum absolute atomic E-state index is 13.5. The Kier molecular flexibility index (Phi) is 6.94. The molecule has 2 aromatic carbocycles. The lowest BCUT2D eigenvalue weighted by molar-refractivity contribution is 0.0594. The smallest absolute Gasteiger partial charge is 0.356 e.